The summed E-state index contributed by atoms with van der Waals surface area (Å²) in [6, 6.07) is 13.1. The van der Waals surface area contributed by atoms with Crippen LogP contribution in [0.3, 0.4) is 0 Å². The van der Waals surface area contributed by atoms with E-state index in [1.165, 1.54) is 4.88 Å². The molecule has 0 unspecified atom stereocenters. The Morgan fingerprint density at radius 3 is 2.76 bits per heavy atom. The molecular formula is C18H18N4O2S. The Morgan fingerprint density at radius 1 is 1.16 bits per heavy atom. The SMILES string of the molecule is Cc1ccc(CNC(=O)C(=O)Nc2cccc(Cn3cccn3)c2)s1. The summed E-state index contributed by atoms with van der Waals surface area (Å²) in [4.78, 5) is 26.1. The van der Waals surface area contributed by atoms with E-state index in [0.29, 0.717) is 18.8 Å². The second-order valence-electron chi connectivity index (χ2n) is 5.55. The van der Waals surface area contributed by atoms with Gasteiger partial charge in [0.05, 0.1) is 13.1 Å². The summed E-state index contributed by atoms with van der Waals surface area (Å²) < 4.78 is 1.79. The number of carbonyl (C=O) groups excluding carboxylic acids is 2. The van der Waals surface area contributed by atoms with Crippen molar-refractivity contribution < 1.29 is 9.59 Å². The number of aryl methyl sites for hydroxylation is 1. The molecule has 0 atom stereocenters. The maximum atomic E-state index is 12.0. The Labute approximate surface area is 149 Å². The Bertz CT molecular complexity index is 871. The van der Waals surface area contributed by atoms with Crippen molar-refractivity contribution in [3.63, 3.8) is 0 Å². The third-order valence-corrected chi connectivity index (χ3v) is 4.51. The van der Waals surface area contributed by atoms with E-state index in [1.807, 2.05) is 49.5 Å². The van der Waals surface area contributed by atoms with Crippen molar-refractivity contribution in [2.45, 2.75) is 20.0 Å². The number of carbonyl (C=O) groups is 2. The van der Waals surface area contributed by atoms with Crippen LogP contribution in [-0.4, -0.2) is 21.6 Å². The molecule has 25 heavy (non-hydrogen) atoms. The number of anilines is 1. The van der Waals surface area contributed by atoms with E-state index in [2.05, 4.69) is 15.7 Å². The lowest BCUT2D eigenvalue weighted by atomic mass is 10.2. The van der Waals surface area contributed by atoms with Gasteiger partial charge in [-0.15, -0.1) is 11.3 Å². The molecule has 0 aliphatic rings. The zero-order valence-corrected chi connectivity index (χ0v) is 14.5. The highest BCUT2D eigenvalue weighted by atomic mass is 32.1. The van der Waals surface area contributed by atoms with Gasteiger partial charge < -0.3 is 10.6 Å². The van der Waals surface area contributed by atoms with Gasteiger partial charge in [0.1, 0.15) is 0 Å². The molecule has 7 heteroatoms. The van der Waals surface area contributed by atoms with Crippen molar-refractivity contribution in [2.75, 3.05) is 5.32 Å². The van der Waals surface area contributed by atoms with Gasteiger partial charge in [-0.1, -0.05) is 12.1 Å². The van der Waals surface area contributed by atoms with E-state index in [9.17, 15) is 9.59 Å². The first-order chi connectivity index (χ1) is 12.1. The summed E-state index contributed by atoms with van der Waals surface area (Å²) in [6.07, 6.45) is 3.58. The highest BCUT2D eigenvalue weighted by Gasteiger charge is 2.14. The van der Waals surface area contributed by atoms with Crippen LogP contribution < -0.4 is 10.6 Å². The fourth-order valence-corrected chi connectivity index (χ4v) is 3.17. The molecule has 0 fully saturated rings. The molecule has 3 rings (SSSR count). The summed E-state index contributed by atoms with van der Waals surface area (Å²) in [5.74, 6) is -1.33. The summed E-state index contributed by atoms with van der Waals surface area (Å²) in [6.45, 7) is 2.95. The molecule has 2 aromatic heterocycles. The van der Waals surface area contributed by atoms with Crippen LogP contribution in [0.2, 0.25) is 0 Å². The van der Waals surface area contributed by atoms with E-state index < -0.39 is 11.8 Å². The van der Waals surface area contributed by atoms with Crippen molar-refractivity contribution in [3.8, 4) is 0 Å². The van der Waals surface area contributed by atoms with Crippen molar-refractivity contribution >= 4 is 28.8 Å². The summed E-state index contributed by atoms with van der Waals surface area (Å²) >= 11 is 1.59. The van der Waals surface area contributed by atoms with Crippen LogP contribution in [0.25, 0.3) is 0 Å². The van der Waals surface area contributed by atoms with Crippen LogP contribution >= 0.6 is 11.3 Å². The van der Waals surface area contributed by atoms with Gasteiger partial charge in [0.15, 0.2) is 0 Å². The highest BCUT2D eigenvalue weighted by Crippen LogP contribution is 2.14. The molecule has 3 aromatic rings. The van der Waals surface area contributed by atoms with Gasteiger partial charge in [-0.05, 0) is 42.8 Å². The lowest BCUT2D eigenvalue weighted by molar-refractivity contribution is -0.136. The number of rotatable bonds is 5. The molecule has 2 heterocycles. The van der Waals surface area contributed by atoms with E-state index in [0.717, 1.165) is 10.4 Å². The number of hydrogen-bond acceptors (Lipinski definition) is 4. The van der Waals surface area contributed by atoms with Crippen LogP contribution in [0.1, 0.15) is 15.3 Å². The average Bonchev–Trinajstić information content (AvgIpc) is 3.24. The van der Waals surface area contributed by atoms with Crippen LogP contribution in [0, 0.1) is 6.92 Å². The summed E-state index contributed by atoms with van der Waals surface area (Å²) in [5, 5.41) is 9.41. The minimum absolute atomic E-state index is 0.351. The predicted molar refractivity (Wildman–Crippen MR) is 97.3 cm³/mol. The molecule has 0 saturated carbocycles. The zero-order valence-electron chi connectivity index (χ0n) is 13.7. The van der Waals surface area contributed by atoms with E-state index >= 15 is 0 Å². The second-order valence-corrected chi connectivity index (χ2v) is 6.93. The largest absolute Gasteiger partial charge is 0.343 e. The number of nitrogens with one attached hydrogen (secondary N) is 2. The third-order valence-electron chi connectivity index (χ3n) is 3.51. The molecule has 0 bridgehead atoms. The number of thiophene rings is 1. The molecule has 0 saturated heterocycles. The van der Waals surface area contributed by atoms with E-state index in [-0.39, 0.29) is 0 Å². The molecule has 1 aromatic carbocycles. The Hall–Kier alpha value is -2.93. The Balaban J connectivity index is 1.55. The van der Waals surface area contributed by atoms with Gasteiger partial charge in [0.2, 0.25) is 0 Å². The van der Waals surface area contributed by atoms with Crippen molar-refractivity contribution in [2.24, 2.45) is 0 Å². The molecule has 0 aliphatic carbocycles. The smallest absolute Gasteiger partial charge is 0.313 e. The fraction of sp³-hybridized carbons (Fsp3) is 0.167. The molecule has 0 radical (unpaired) electrons. The van der Waals surface area contributed by atoms with Crippen LogP contribution in [0.5, 0.6) is 0 Å². The van der Waals surface area contributed by atoms with Crippen LogP contribution in [0.4, 0.5) is 5.69 Å². The van der Waals surface area contributed by atoms with Crippen molar-refractivity contribution in [1.82, 2.24) is 15.1 Å². The van der Waals surface area contributed by atoms with Crippen molar-refractivity contribution in [1.29, 1.82) is 0 Å². The summed E-state index contributed by atoms with van der Waals surface area (Å²) in [7, 11) is 0. The standard InChI is InChI=1S/C18H18N4O2S/c1-13-6-7-16(25-13)11-19-17(23)18(24)21-15-5-2-4-14(10-15)12-22-9-3-8-20-22/h2-10H,11-12H2,1H3,(H,19,23)(H,21,24). The zero-order chi connectivity index (χ0) is 17.6. The van der Waals surface area contributed by atoms with Gasteiger partial charge in [0.25, 0.3) is 0 Å². The first-order valence-corrected chi connectivity index (χ1v) is 8.62. The van der Waals surface area contributed by atoms with Gasteiger partial charge in [-0.2, -0.15) is 5.10 Å². The topological polar surface area (TPSA) is 76.0 Å². The molecular weight excluding hydrogens is 336 g/mol. The molecule has 128 valence electrons. The maximum Gasteiger partial charge on any atom is 0.313 e. The molecule has 2 amide bonds. The number of nitrogens with zero attached hydrogens (tertiary/aromatic N) is 2. The Kier molecular flexibility index (Phi) is 5.25. The minimum Gasteiger partial charge on any atom is -0.343 e. The maximum absolute atomic E-state index is 12.0. The molecule has 2 N–H and O–H groups in total. The van der Waals surface area contributed by atoms with Crippen LogP contribution in [0.15, 0.2) is 54.9 Å². The fourth-order valence-electron chi connectivity index (χ4n) is 2.34. The van der Waals surface area contributed by atoms with E-state index in [1.54, 1.807) is 28.3 Å². The lowest BCUT2D eigenvalue weighted by Crippen LogP contribution is -2.34. The van der Waals surface area contributed by atoms with Gasteiger partial charge >= 0.3 is 11.8 Å². The quantitative estimate of drug-likeness (QED) is 0.692. The monoisotopic (exact) mass is 354 g/mol. The Morgan fingerprint density at radius 2 is 2.04 bits per heavy atom. The average molecular weight is 354 g/mol. The van der Waals surface area contributed by atoms with Gasteiger partial charge in [-0.3, -0.25) is 14.3 Å². The third kappa shape index (κ3) is 4.77. The minimum atomic E-state index is -0.676. The normalized spacial score (nSPS) is 10.4. The molecule has 0 spiro atoms. The van der Waals surface area contributed by atoms with E-state index in [4.69, 9.17) is 0 Å². The summed E-state index contributed by atoms with van der Waals surface area (Å²) in [5.41, 5.74) is 1.56. The van der Waals surface area contributed by atoms with Crippen molar-refractivity contribution in [3.05, 3.63) is 70.2 Å². The number of amides is 2. The number of hydrogen-bond donors (Lipinski definition) is 2. The number of aromatic nitrogens is 2. The first kappa shape index (κ1) is 16.9. The van der Waals surface area contributed by atoms with Gasteiger partial charge in [0, 0.05) is 27.8 Å². The lowest BCUT2D eigenvalue weighted by Gasteiger charge is -2.08. The predicted octanol–water partition coefficient (Wildman–Crippen LogP) is 2.56. The van der Waals surface area contributed by atoms with Crippen LogP contribution in [-0.2, 0) is 22.7 Å². The first-order valence-electron chi connectivity index (χ1n) is 7.81. The second kappa shape index (κ2) is 7.76. The number of benzene rings is 1. The molecule has 0 aliphatic heterocycles. The van der Waals surface area contributed by atoms with Gasteiger partial charge in [-0.25, -0.2) is 0 Å². The highest BCUT2D eigenvalue weighted by molar-refractivity contribution is 7.11. The molecule has 6 nitrogen and oxygen atoms in total.